The number of aryl methyl sites for hydroxylation is 1. The van der Waals surface area contributed by atoms with Gasteiger partial charge in [0.25, 0.3) is 0 Å². The Kier molecular flexibility index (Phi) is 3.17. The van der Waals surface area contributed by atoms with E-state index in [0.717, 1.165) is 0 Å². The molecule has 0 bridgehead atoms. The molecule has 18 heavy (non-hydrogen) atoms. The van der Waals surface area contributed by atoms with Gasteiger partial charge in [-0.05, 0) is 25.1 Å². The number of nitrogens with zero attached hydrogens (tertiary/aromatic N) is 1. The number of nitriles is 1. The summed E-state index contributed by atoms with van der Waals surface area (Å²) >= 11 is 6.18. The van der Waals surface area contributed by atoms with Crippen LogP contribution in [0.4, 0.5) is 5.88 Å². The van der Waals surface area contributed by atoms with Gasteiger partial charge in [0.2, 0.25) is 5.88 Å². The number of halogens is 1. The number of nitrogen functional groups attached to an aromatic ring is 1. The molecule has 0 amide bonds. The van der Waals surface area contributed by atoms with Crippen LogP contribution >= 0.6 is 11.6 Å². The maximum atomic E-state index is 9.11. The van der Waals surface area contributed by atoms with Crippen LogP contribution in [0, 0.1) is 18.3 Å². The summed E-state index contributed by atoms with van der Waals surface area (Å²) in [5.41, 5.74) is 7.27. The number of anilines is 1. The first-order valence-corrected chi connectivity index (χ1v) is 5.59. The van der Waals surface area contributed by atoms with Crippen molar-refractivity contribution in [3.63, 3.8) is 0 Å². The number of hydrogen-bond acceptors (Lipinski definition) is 4. The first-order chi connectivity index (χ1) is 8.58. The summed E-state index contributed by atoms with van der Waals surface area (Å²) in [6.45, 7) is 1.74. The van der Waals surface area contributed by atoms with Gasteiger partial charge in [-0.1, -0.05) is 11.6 Å². The molecule has 2 N–H and O–H groups in total. The van der Waals surface area contributed by atoms with Crippen LogP contribution in [-0.4, -0.2) is 7.11 Å². The number of hydrogen-bond donors (Lipinski definition) is 1. The van der Waals surface area contributed by atoms with Gasteiger partial charge in [-0.3, -0.25) is 0 Å². The molecule has 5 heteroatoms. The van der Waals surface area contributed by atoms with Crippen LogP contribution in [0.3, 0.4) is 0 Å². The van der Waals surface area contributed by atoms with Crippen LogP contribution in [0.15, 0.2) is 22.6 Å². The van der Waals surface area contributed by atoms with Gasteiger partial charge >= 0.3 is 0 Å². The summed E-state index contributed by atoms with van der Waals surface area (Å²) in [5.74, 6) is 1.32. The largest absolute Gasteiger partial charge is 0.497 e. The first kappa shape index (κ1) is 12.3. The molecule has 0 radical (unpaired) electrons. The molecule has 1 aromatic carbocycles. The predicted molar refractivity (Wildman–Crippen MR) is 69.6 cm³/mol. The lowest BCUT2D eigenvalue weighted by atomic mass is 10.0. The summed E-state index contributed by atoms with van der Waals surface area (Å²) < 4.78 is 10.3. The van der Waals surface area contributed by atoms with Crippen LogP contribution < -0.4 is 10.5 Å². The monoisotopic (exact) mass is 262 g/mol. The number of benzene rings is 1. The van der Waals surface area contributed by atoms with Gasteiger partial charge in [0.15, 0.2) is 0 Å². The number of ether oxygens (including phenoxy) is 1. The molecule has 0 aliphatic heterocycles. The quantitative estimate of drug-likeness (QED) is 0.901. The summed E-state index contributed by atoms with van der Waals surface area (Å²) in [6.07, 6.45) is 0. The van der Waals surface area contributed by atoms with E-state index in [4.69, 9.17) is 31.8 Å². The zero-order chi connectivity index (χ0) is 13.3. The van der Waals surface area contributed by atoms with Crippen molar-refractivity contribution in [2.24, 2.45) is 0 Å². The molecule has 0 unspecified atom stereocenters. The van der Waals surface area contributed by atoms with Crippen molar-refractivity contribution in [1.29, 1.82) is 5.26 Å². The average Bonchev–Trinajstić information content (AvgIpc) is 2.63. The Balaban J connectivity index is 2.66. The van der Waals surface area contributed by atoms with Gasteiger partial charge in [-0.25, -0.2) is 0 Å². The number of nitrogens with two attached hydrogens (primary N) is 1. The molecular formula is C13H11ClN2O2. The fourth-order valence-electron chi connectivity index (χ4n) is 1.83. The Labute approximate surface area is 110 Å². The van der Waals surface area contributed by atoms with Gasteiger partial charge in [0, 0.05) is 11.1 Å². The second-order valence-corrected chi connectivity index (χ2v) is 4.14. The zero-order valence-electron chi connectivity index (χ0n) is 9.95. The fourth-order valence-corrected chi connectivity index (χ4v) is 2.09. The zero-order valence-corrected chi connectivity index (χ0v) is 10.7. The van der Waals surface area contributed by atoms with Crippen LogP contribution in [-0.2, 0) is 0 Å². The van der Waals surface area contributed by atoms with E-state index in [1.165, 1.54) is 0 Å². The van der Waals surface area contributed by atoms with Gasteiger partial charge in [-0.15, -0.1) is 0 Å². The smallest absolute Gasteiger partial charge is 0.209 e. The second kappa shape index (κ2) is 4.63. The normalized spacial score (nSPS) is 10.1. The van der Waals surface area contributed by atoms with E-state index in [-0.39, 0.29) is 5.88 Å². The summed E-state index contributed by atoms with van der Waals surface area (Å²) in [6, 6.07) is 7.26. The Morgan fingerprint density at radius 3 is 2.72 bits per heavy atom. The Morgan fingerprint density at radius 2 is 2.17 bits per heavy atom. The average molecular weight is 263 g/mol. The van der Waals surface area contributed by atoms with Gasteiger partial charge < -0.3 is 14.9 Å². The predicted octanol–water partition coefficient (Wildman–Crippen LogP) is 3.37. The van der Waals surface area contributed by atoms with E-state index in [1.807, 2.05) is 6.07 Å². The highest BCUT2D eigenvalue weighted by Crippen LogP contribution is 2.38. The van der Waals surface area contributed by atoms with E-state index in [9.17, 15) is 0 Å². The van der Waals surface area contributed by atoms with Gasteiger partial charge in [0.05, 0.1) is 12.1 Å². The van der Waals surface area contributed by atoms with Crippen molar-refractivity contribution in [3.05, 3.63) is 34.5 Å². The van der Waals surface area contributed by atoms with Crippen molar-refractivity contribution < 1.29 is 9.15 Å². The standard InChI is InChI=1S/C13H11ClN2O2/c1-7-12(10(6-15)13(16)18-7)9-4-3-8(17-2)5-11(9)14/h3-5H,16H2,1-2H3. The summed E-state index contributed by atoms with van der Waals surface area (Å²) in [5, 5.41) is 9.59. The molecule has 1 aromatic heterocycles. The number of rotatable bonds is 2. The molecule has 0 atom stereocenters. The number of methoxy groups -OCH3 is 1. The molecule has 0 saturated heterocycles. The lowest BCUT2D eigenvalue weighted by Gasteiger charge is -2.06. The SMILES string of the molecule is COc1ccc(-c2c(C)oc(N)c2C#N)c(Cl)c1. The van der Waals surface area contributed by atoms with E-state index in [2.05, 4.69) is 0 Å². The Bertz CT molecular complexity index is 641. The fraction of sp³-hybridized carbons (Fsp3) is 0.154. The number of furan rings is 1. The van der Waals surface area contributed by atoms with Crippen molar-refractivity contribution in [1.82, 2.24) is 0 Å². The maximum Gasteiger partial charge on any atom is 0.209 e. The van der Waals surface area contributed by atoms with Crippen LogP contribution in [0.1, 0.15) is 11.3 Å². The molecule has 0 spiro atoms. The molecule has 0 fully saturated rings. The van der Waals surface area contributed by atoms with Crippen molar-refractivity contribution in [2.75, 3.05) is 12.8 Å². The minimum atomic E-state index is 0.108. The molecular weight excluding hydrogens is 252 g/mol. The Morgan fingerprint density at radius 1 is 1.44 bits per heavy atom. The molecule has 0 aliphatic rings. The second-order valence-electron chi connectivity index (χ2n) is 3.73. The summed E-state index contributed by atoms with van der Waals surface area (Å²) in [7, 11) is 1.56. The minimum absolute atomic E-state index is 0.108. The van der Waals surface area contributed by atoms with Crippen molar-refractivity contribution in [3.8, 4) is 22.9 Å². The van der Waals surface area contributed by atoms with E-state index >= 15 is 0 Å². The van der Waals surface area contributed by atoms with E-state index < -0.39 is 0 Å². The highest BCUT2D eigenvalue weighted by molar-refractivity contribution is 6.33. The van der Waals surface area contributed by atoms with Crippen LogP contribution in [0.25, 0.3) is 11.1 Å². The molecule has 2 aromatic rings. The lowest BCUT2D eigenvalue weighted by Crippen LogP contribution is -1.88. The third-order valence-corrected chi connectivity index (χ3v) is 2.98. The highest BCUT2D eigenvalue weighted by atomic mass is 35.5. The molecule has 92 valence electrons. The van der Waals surface area contributed by atoms with Crippen LogP contribution in [0.2, 0.25) is 5.02 Å². The minimum Gasteiger partial charge on any atom is -0.497 e. The third-order valence-electron chi connectivity index (χ3n) is 2.67. The molecule has 4 nitrogen and oxygen atoms in total. The molecule has 0 aliphatic carbocycles. The molecule has 0 saturated carbocycles. The molecule has 2 rings (SSSR count). The Hall–Kier alpha value is -2.12. The highest BCUT2D eigenvalue weighted by Gasteiger charge is 2.19. The first-order valence-electron chi connectivity index (χ1n) is 5.21. The topological polar surface area (TPSA) is 72.2 Å². The van der Waals surface area contributed by atoms with E-state index in [0.29, 0.717) is 33.2 Å². The maximum absolute atomic E-state index is 9.11. The van der Waals surface area contributed by atoms with E-state index in [1.54, 1.807) is 32.2 Å². The van der Waals surface area contributed by atoms with Gasteiger partial charge in [-0.2, -0.15) is 5.26 Å². The van der Waals surface area contributed by atoms with Crippen LogP contribution in [0.5, 0.6) is 5.75 Å². The van der Waals surface area contributed by atoms with Crippen molar-refractivity contribution in [2.45, 2.75) is 6.92 Å². The lowest BCUT2D eigenvalue weighted by molar-refractivity contribution is 0.415. The van der Waals surface area contributed by atoms with Gasteiger partial charge in [0.1, 0.15) is 23.1 Å². The summed E-state index contributed by atoms with van der Waals surface area (Å²) in [4.78, 5) is 0. The molecule has 1 heterocycles. The van der Waals surface area contributed by atoms with Crippen molar-refractivity contribution >= 4 is 17.5 Å². The third kappa shape index (κ3) is 1.89.